The predicted octanol–water partition coefficient (Wildman–Crippen LogP) is 0.394. The van der Waals surface area contributed by atoms with Crippen LogP contribution < -0.4 is 0 Å². The van der Waals surface area contributed by atoms with Gasteiger partial charge in [-0.25, -0.2) is 4.79 Å². The molecule has 0 aromatic heterocycles. The van der Waals surface area contributed by atoms with Crippen LogP contribution in [0.2, 0.25) is 0 Å². The first kappa shape index (κ1) is 12.9. The van der Waals surface area contributed by atoms with Crippen LogP contribution in [0.5, 0.6) is 0 Å². The molecule has 0 aromatic rings. The summed E-state index contributed by atoms with van der Waals surface area (Å²) < 4.78 is 4.70. The summed E-state index contributed by atoms with van der Waals surface area (Å²) in [6.07, 6.45) is -1.02. The number of ether oxygens (including phenoxy) is 1. The van der Waals surface area contributed by atoms with Gasteiger partial charge in [-0.05, 0) is 26.3 Å². The molecule has 0 fully saturated rings. The average molecular weight is 200 g/mol. The van der Waals surface area contributed by atoms with E-state index in [4.69, 9.17) is 14.9 Å². The SMILES string of the molecule is CC(C)=C=C(C)C(=O)OCC(O)CO. The Balaban J connectivity index is 4.17. The first-order chi connectivity index (χ1) is 6.47. The predicted molar refractivity (Wildman–Crippen MR) is 51.6 cm³/mol. The van der Waals surface area contributed by atoms with E-state index >= 15 is 0 Å². The zero-order valence-electron chi connectivity index (χ0n) is 8.70. The second-order valence-corrected chi connectivity index (χ2v) is 3.18. The lowest BCUT2D eigenvalue weighted by Gasteiger charge is -2.07. The first-order valence-corrected chi connectivity index (χ1v) is 4.34. The van der Waals surface area contributed by atoms with Gasteiger partial charge in [0.15, 0.2) is 0 Å². The van der Waals surface area contributed by atoms with E-state index < -0.39 is 18.7 Å². The van der Waals surface area contributed by atoms with Gasteiger partial charge in [-0.1, -0.05) is 0 Å². The largest absolute Gasteiger partial charge is 0.459 e. The Labute approximate surface area is 83.5 Å². The maximum Gasteiger partial charge on any atom is 0.341 e. The molecule has 4 heteroatoms. The van der Waals surface area contributed by atoms with Crippen molar-refractivity contribution in [2.45, 2.75) is 26.9 Å². The van der Waals surface area contributed by atoms with Crippen LogP contribution in [0.1, 0.15) is 20.8 Å². The highest BCUT2D eigenvalue weighted by Gasteiger charge is 2.08. The van der Waals surface area contributed by atoms with E-state index in [1.165, 1.54) is 0 Å². The van der Waals surface area contributed by atoms with E-state index in [9.17, 15) is 4.79 Å². The van der Waals surface area contributed by atoms with Crippen molar-refractivity contribution in [3.8, 4) is 0 Å². The minimum atomic E-state index is -1.02. The van der Waals surface area contributed by atoms with E-state index in [1.807, 2.05) is 13.8 Å². The van der Waals surface area contributed by atoms with Crippen LogP contribution in [0.25, 0.3) is 0 Å². The molecule has 0 saturated carbocycles. The summed E-state index contributed by atoms with van der Waals surface area (Å²) in [6.45, 7) is 4.61. The van der Waals surface area contributed by atoms with Crippen molar-refractivity contribution in [2.24, 2.45) is 0 Å². The maximum absolute atomic E-state index is 11.2. The third-order valence-electron chi connectivity index (χ3n) is 1.36. The number of aliphatic hydroxyl groups excluding tert-OH is 2. The van der Waals surface area contributed by atoms with Crippen molar-refractivity contribution >= 4 is 5.97 Å². The molecule has 4 nitrogen and oxygen atoms in total. The number of rotatable bonds is 4. The molecule has 0 bridgehead atoms. The molecule has 2 N–H and O–H groups in total. The van der Waals surface area contributed by atoms with Crippen molar-refractivity contribution in [3.63, 3.8) is 0 Å². The van der Waals surface area contributed by atoms with Crippen molar-refractivity contribution in [1.29, 1.82) is 0 Å². The summed E-state index contributed by atoms with van der Waals surface area (Å²) in [7, 11) is 0. The van der Waals surface area contributed by atoms with Crippen molar-refractivity contribution in [1.82, 2.24) is 0 Å². The van der Waals surface area contributed by atoms with E-state index in [0.717, 1.165) is 5.57 Å². The molecule has 80 valence electrons. The molecule has 1 unspecified atom stereocenters. The summed E-state index contributed by atoms with van der Waals surface area (Å²) in [5.41, 5.74) is 4.03. The molecule has 0 heterocycles. The molecule has 1 atom stereocenters. The highest BCUT2D eigenvalue weighted by molar-refractivity contribution is 5.87. The minimum absolute atomic E-state index is 0.197. The number of hydrogen-bond acceptors (Lipinski definition) is 4. The number of hydrogen-bond donors (Lipinski definition) is 2. The van der Waals surface area contributed by atoms with E-state index in [0.29, 0.717) is 5.57 Å². The second-order valence-electron chi connectivity index (χ2n) is 3.18. The first-order valence-electron chi connectivity index (χ1n) is 4.34. The zero-order valence-corrected chi connectivity index (χ0v) is 8.70. The van der Waals surface area contributed by atoms with Gasteiger partial charge >= 0.3 is 5.97 Å². The van der Waals surface area contributed by atoms with Crippen molar-refractivity contribution < 1.29 is 19.7 Å². The topological polar surface area (TPSA) is 66.8 Å². The van der Waals surface area contributed by atoms with Crippen LogP contribution in [0.3, 0.4) is 0 Å². The Kier molecular flexibility index (Phi) is 5.88. The number of carbonyl (C=O) groups is 1. The smallest absolute Gasteiger partial charge is 0.341 e. The Hall–Kier alpha value is -1.09. The monoisotopic (exact) mass is 200 g/mol. The highest BCUT2D eigenvalue weighted by Crippen LogP contribution is 1.98. The molecule has 0 aromatic carbocycles. The Bertz CT molecular complexity index is 257. The zero-order chi connectivity index (χ0) is 11.1. The molecular formula is C10H16O4. The number of carbonyl (C=O) groups excluding carboxylic acids is 1. The van der Waals surface area contributed by atoms with Crippen LogP contribution in [0.15, 0.2) is 16.9 Å². The normalized spacial score (nSPS) is 11.5. The van der Waals surface area contributed by atoms with Gasteiger partial charge in [0.2, 0.25) is 0 Å². The number of esters is 1. The van der Waals surface area contributed by atoms with Gasteiger partial charge in [0, 0.05) is 0 Å². The molecule has 0 aliphatic heterocycles. The molecule has 0 aliphatic rings. The fourth-order valence-electron chi connectivity index (χ4n) is 0.759. The van der Waals surface area contributed by atoms with Gasteiger partial charge in [-0.3, -0.25) is 0 Å². The van der Waals surface area contributed by atoms with Crippen molar-refractivity contribution in [2.75, 3.05) is 13.2 Å². The lowest BCUT2D eigenvalue weighted by Crippen LogP contribution is -2.22. The lowest BCUT2D eigenvalue weighted by molar-refractivity contribution is -0.142. The Morgan fingerprint density at radius 2 is 2.00 bits per heavy atom. The molecule has 0 amide bonds. The van der Waals surface area contributed by atoms with Gasteiger partial charge in [0.05, 0.1) is 12.2 Å². The van der Waals surface area contributed by atoms with Crippen LogP contribution in [0, 0.1) is 0 Å². The van der Waals surface area contributed by atoms with Crippen LogP contribution in [0.4, 0.5) is 0 Å². The fraction of sp³-hybridized carbons (Fsp3) is 0.600. The summed E-state index contributed by atoms with van der Waals surface area (Å²) in [4.78, 5) is 11.2. The molecule has 0 rings (SSSR count). The molecule has 0 spiro atoms. The van der Waals surface area contributed by atoms with E-state index in [2.05, 4.69) is 5.73 Å². The minimum Gasteiger partial charge on any atom is -0.459 e. The third kappa shape index (κ3) is 5.54. The number of aliphatic hydroxyl groups is 2. The molecule has 0 radical (unpaired) electrons. The van der Waals surface area contributed by atoms with Gasteiger partial charge in [0.25, 0.3) is 0 Å². The molecule has 14 heavy (non-hydrogen) atoms. The molecular weight excluding hydrogens is 184 g/mol. The maximum atomic E-state index is 11.2. The Morgan fingerprint density at radius 3 is 2.43 bits per heavy atom. The summed E-state index contributed by atoms with van der Waals surface area (Å²) in [5, 5.41) is 17.4. The standard InChI is InChI=1S/C10H16O4/c1-7(2)4-8(3)10(13)14-6-9(12)5-11/h9,11-12H,5-6H2,1-3H3. The second kappa shape index (κ2) is 6.38. The van der Waals surface area contributed by atoms with Gasteiger partial charge in [0.1, 0.15) is 12.7 Å². The summed E-state index contributed by atoms with van der Waals surface area (Å²) >= 11 is 0. The lowest BCUT2D eigenvalue weighted by atomic mass is 10.2. The van der Waals surface area contributed by atoms with Gasteiger partial charge < -0.3 is 14.9 Å². The molecule has 0 saturated heterocycles. The van der Waals surface area contributed by atoms with Crippen LogP contribution in [-0.2, 0) is 9.53 Å². The average Bonchev–Trinajstić information content (AvgIpc) is 2.12. The summed E-state index contributed by atoms with van der Waals surface area (Å²) in [5.74, 6) is -0.529. The van der Waals surface area contributed by atoms with Gasteiger partial charge in [-0.2, -0.15) is 0 Å². The fourth-order valence-corrected chi connectivity index (χ4v) is 0.759. The van der Waals surface area contributed by atoms with Gasteiger partial charge in [-0.15, -0.1) is 5.73 Å². The van der Waals surface area contributed by atoms with Crippen molar-refractivity contribution in [3.05, 3.63) is 16.9 Å². The van der Waals surface area contributed by atoms with E-state index in [-0.39, 0.29) is 6.61 Å². The molecule has 0 aliphatic carbocycles. The quantitative estimate of drug-likeness (QED) is 0.391. The van der Waals surface area contributed by atoms with Crippen LogP contribution in [-0.4, -0.2) is 35.5 Å². The summed E-state index contributed by atoms with van der Waals surface area (Å²) in [6, 6.07) is 0. The highest BCUT2D eigenvalue weighted by atomic mass is 16.5. The Morgan fingerprint density at radius 1 is 1.43 bits per heavy atom. The van der Waals surface area contributed by atoms with Crippen LogP contribution >= 0.6 is 0 Å². The van der Waals surface area contributed by atoms with E-state index in [1.54, 1.807) is 6.92 Å². The third-order valence-corrected chi connectivity index (χ3v) is 1.36.